The Morgan fingerprint density at radius 1 is 1.14 bits per heavy atom. The van der Waals surface area contributed by atoms with Crippen molar-refractivity contribution in [1.29, 1.82) is 0 Å². The molecular formula is C33H35ClN6O3. The quantitative estimate of drug-likeness (QED) is 0.201. The molecule has 1 amide bonds. The number of carbonyl (C=O) groups excluding carboxylic acids is 2. The van der Waals surface area contributed by atoms with Crippen LogP contribution in [0.3, 0.4) is 0 Å². The lowest BCUT2D eigenvalue weighted by molar-refractivity contribution is -0.127. The molecule has 43 heavy (non-hydrogen) atoms. The van der Waals surface area contributed by atoms with Crippen LogP contribution >= 0.6 is 11.6 Å². The lowest BCUT2D eigenvalue weighted by atomic mass is 10.0. The first-order valence-electron chi connectivity index (χ1n) is 14.5. The van der Waals surface area contributed by atoms with E-state index in [1.807, 2.05) is 46.8 Å². The first kappa shape index (κ1) is 30.1. The zero-order valence-corrected chi connectivity index (χ0v) is 25.8. The molecule has 1 aromatic carbocycles. The predicted molar refractivity (Wildman–Crippen MR) is 170 cm³/mol. The lowest BCUT2D eigenvalue weighted by Gasteiger charge is -2.45. The molecule has 0 unspecified atom stereocenters. The summed E-state index contributed by atoms with van der Waals surface area (Å²) < 4.78 is 1.54. The number of carbonyl (C=O) groups is 2. The van der Waals surface area contributed by atoms with Crippen molar-refractivity contribution in [3.63, 3.8) is 0 Å². The van der Waals surface area contributed by atoms with E-state index >= 15 is 0 Å². The standard InChI is InChI=1S/C33H35ClN6O3/c1-7-22-13-14-35-28(19(3)4)30(22)40-31-25(15-26(34)29(36-31)24-12-10-9-11-23(24)18-41)32(37-33(40)43)39-20(5)16-38(17-21(39)6)27(42)8-2/h8-15,18-21H,2,7,16-17H2,1,3-6H3/t20-,21-/m0/s1. The molecule has 4 aromatic rings. The molecule has 0 N–H and O–H groups in total. The fourth-order valence-corrected chi connectivity index (χ4v) is 6.29. The van der Waals surface area contributed by atoms with Gasteiger partial charge in [-0.3, -0.25) is 14.6 Å². The number of hydrogen-bond acceptors (Lipinski definition) is 7. The maximum atomic E-state index is 14.2. The number of hydrogen-bond donors (Lipinski definition) is 0. The largest absolute Gasteiger partial charge is 0.355 e. The van der Waals surface area contributed by atoms with Gasteiger partial charge in [-0.05, 0) is 50.0 Å². The highest BCUT2D eigenvalue weighted by molar-refractivity contribution is 6.34. The summed E-state index contributed by atoms with van der Waals surface area (Å²) in [5.74, 6) is 0.320. The van der Waals surface area contributed by atoms with E-state index in [1.54, 1.807) is 35.4 Å². The van der Waals surface area contributed by atoms with Crippen molar-refractivity contribution < 1.29 is 9.59 Å². The predicted octanol–water partition coefficient (Wildman–Crippen LogP) is 5.61. The van der Waals surface area contributed by atoms with Gasteiger partial charge in [0.1, 0.15) is 5.82 Å². The molecule has 10 heteroatoms. The Hall–Kier alpha value is -4.37. The van der Waals surface area contributed by atoms with Crippen LogP contribution in [0.5, 0.6) is 0 Å². The van der Waals surface area contributed by atoms with Crippen molar-refractivity contribution in [1.82, 2.24) is 24.4 Å². The van der Waals surface area contributed by atoms with Gasteiger partial charge in [0.15, 0.2) is 11.9 Å². The summed E-state index contributed by atoms with van der Waals surface area (Å²) in [6.45, 7) is 14.6. The maximum Gasteiger partial charge on any atom is 0.355 e. The summed E-state index contributed by atoms with van der Waals surface area (Å²) in [6.07, 6.45) is 4.51. The molecule has 1 fully saturated rings. The van der Waals surface area contributed by atoms with Gasteiger partial charge in [0.25, 0.3) is 0 Å². The highest BCUT2D eigenvalue weighted by Crippen LogP contribution is 2.37. The monoisotopic (exact) mass is 598 g/mol. The number of amides is 1. The van der Waals surface area contributed by atoms with Crippen molar-refractivity contribution in [3.8, 4) is 16.9 Å². The second-order valence-electron chi connectivity index (χ2n) is 11.2. The Morgan fingerprint density at radius 2 is 1.84 bits per heavy atom. The minimum Gasteiger partial charge on any atom is -0.347 e. The molecule has 9 nitrogen and oxygen atoms in total. The van der Waals surface area contributed by atoms with Gasteiger partial charge in [-0.2, -0.15) is 4.98 Å². The highest BCUT2D eigenvalue weighted by Gasteiger charge is 2.34. The SMILES string of the molecule is C=CC(=O)N1C[C@H](C)N(c2nc(=O)n(-c3c(CC)ccnc3C(C)C)c3nc(-c4ccccc4C=O)c(Cl)cc23)[C@@H](C)C1. The molecule has 4 heterocycles. The number of aldehydes is 1. The van der Waals surface area contributed by atoms with Crippen molar-refractivity contribution in [3.05, 3.63) is 87.6 Å². The van der Waals surface area contributed by atoms with E-state index in [0.717, 1.165) is 17.5 Å². The van der Waals surface area contributed by atoms with Crippen LogP contribution in [0.1, 0.15) is 62.2 Å². The number of piperazine rings is 1. The number of aromatic nitrogens is 4. The van der Waals surface area contributed by atoms with Crippen LogP contribution in [-0.2, 0) is 11.2 Å². The molecule has 0 aliphatic carbocycles. The van der Waals surface area contributed by atoms with Gasteiger partial charge in [0.2, 0.25) is 5.91 Å². The highest BCUT2D eigenvalue weighted by atomic mass is 35.5. The topological polar surface area (TPSA) is 101 Å². The second kappa shape index (κ2) is 12.1. The van der Waals surface area contributed by atoms with Crippen LogP contribution in [0.15, 0.2) is 60.0 Å². The number of anilines is 1. The van der Waals surface area contributed by atoms with Crippen LogP contribution in [-0.4, -0.2) is 61.8 Å². The van der Waals surface area contributed by atoms with Gasteiger partial charge in [0, 0.05) is 42.5 Å². The van der Waals surface area contributed by atoms with Gasteiger partial charge >= 0.3 is 5.69 Å². The smallest absolute Gasteiger partial charge is 0.347 e. The van der Waals surface area contributed by atoms with E-state index < -0.39 is 5.69 Å². The van der Waals surface area contributed by atoms with E-state index in [9.17, 15) is 14.4 Å². The Morgan fingerprint density at radius 3 is 2.47 bits per heavy atom. The number of fused-ring (bicyclic) bond motifs is 1. The molecular weight excluding hydrogens is 564 g/mol. The summed E-state index contributed by atoms with van der Waals surface area (Å²) in [5.41, 5.74) is 3.58. The van der Waals surface area contributed by atoms with Crippen molar-refractivity contribution in [2.24, 2.45) is 0 Å². The molecule has 2 atom stereocenters. The van der Waals surface area contributed by atoms with Crippen LogP contribution in [0.25, 0.3) is 28.0 Å². The molecule has 0 radical (unpaired) electrons. The second-order valence-corrected chi connectivity index (χ2v) is 11.6. The van der Waals surface area contributed by atoms with Crippen LogP contribution < -0.4 is 10.6 Å². The molecule has 1 aliphatic rings. The van der Waals surface area contributed by atoms with Gasteiger partial charge < -0.3 is 9.80 Å². The lowest BCUT2D eigenvalue weighted by Crippen LogP contribution is -2.58. The third-order valence-corrected chi connectivity index (χ3v) is 8.27. The fraction of sp³-hybridized carbons (Fsp3) is 0.333. The normalized spacial score (nSPS) is 17.0. The Labute approximate surface area is 255 Å². The zero-order valence-electron chi connectivity index (χ0n) is 25.0. The number of halogens is 1. The van der Waals surface area contributed by atoms with Gasteiger partial charge in [-0.1, -0.05) is 63.2 Å². The zero-order chi connectivity index (χ0) is 31.0. The number of pyridine rings is 2. The average Bonchev–Trinajstić information content (AvgIpc) is 2.99. The summed E-state index contributed by atoms with van der Waals surface area (Å²) >= 11 is 6.92. The number of nitrogens with zero attached hydrogens (tertiary/aromatic N) is 6. The van der Waals surface area contributed by atoms with Crippen molar-refractivity contribution in [2.75, 3.05) is 18.0 Å². The Kier molecular flexibility index (Phi) is 8.46. The third-order valence-electron chi connectivity index (χ3n) is 7.98. The van der Waals surface area contributed by atoms with E-state index in [1.165, 1.54) is 10.6 Å². The van der Waals surface area contributed by atoms with E-state index in [4.69, 9.17) is 16.6 Å². The summed E-state index contributed by atoms with van der Waals surface area (Å²) in [5, 5.41) is 0.904. The summed E-state index contributed by atoms with van der Waals surface area (Å²) in [6, 6.07) is 10.4. The first-order chi connectivity index (χ1) is 20.6. The minimum atomic E-state index is -0.499. The van der Waals surface area contributed by atoms with Crippen molar-refractivity contribution in [2.45, 2.75) is 59.0 Å². The molecule has 0 bridgehead atoms. The molecule has 1 aliphatic heterocycles. The molecule has 1 saturated heterocycles. The summed E-state index contributed by atoms with van der Waals surface area (Å²) in [4.78, 5) is 56.8. The van der Waals surface area contributed by atoms with Gasteiger partial charge in [-0.25, -0.2) is 14.3 Å². The number of rotatable bonds is 7. The average molecular weight is 599 g/mol. The fourth-order valence-electron chi connectivity index (χ4n) is 6.04. The van der Waals surface area contributed by atoms with Gasteiger partial charge in [0.05, 0.1) is 27.5 Å². The molecule has 5 rings (SSSR count). The number of aryl methyl sites for hydroxylation is 1. The first-order valence-corrected chi connectivity index (χ1v) is 14.8. The molecule has 3 aromatic heterocycles. The van der Waals surface area contributed by atoms with E-state index in [-0.39, 0.29) is 23.9 Å². The van der Waals surface area contributed by atoms with Crippen LogP contribution in [0.2, 0.25) is 5.02 Å². The molecule has 222 valence electrons. The molecule has 0 spiro atoms. The maximum absolute atomic E-state index is 14.2. The Balaban J connectivity index is 1.86. The van der Waals surface area contributed by atoms with Crippen LogP contribution in [0, 0.1) is 0 Å². The minimum absolute atomic E-state index is 0.0150. The van der Waals surface area contributed by atoms with Gasteiger partial charge in [-0.15, -0.1) is 0 Å². The Bertz CT molecular complexity index is 1790. The van der Waals surface area contributed by atoms with Crippen molar-refractivity contribution >= 4 is 40.6 Å². The van der Waals surface area contributed by atoms with E-state index in [0.29, 0.717) is 63.9 Å². The molecule has 0 saturated carbocycles. The van der Waals surface area contributed by atoms with E-state index in [2.05, 4.69) is 21.4 Å². The third kappa shape index (κ3) is 5.33. The van der Waals surface area contributed by atoms with Crippen LogP contribution in [0.4, 0.5) is 5.82 Å². The number of benzene rings is 1. The summed E-state index contributed by atoms with van der Waals surface area (Å²) in [7, 11) is 0.